The van der Waals surface area contributed by atoms with Gasteiger partial charge in [-0.05, 0) is 30.0 Å². The molecule has 1 aromatic rings. The zero-order valence-corrected chi connectivity index (χ0v) is 9.40. The summed E-state index contributed by atoms with van der Waals surface area (Å²) in [4.78, 5) is 4.03. The Morgan fingerprint density at radius 3 is 2.47 bits per heavy atom. The monoisotopic (exact) mass is 199 g/mol. The van der Waals surface area contributed by atoms with Crippen LogP contribution in [0.5, 0.6) is 0 Å². The minimum atomic E-state index is 0.936. The average molecular weight is 199 g/mol. The molecule has 0 spiro atoms. The van der Waals surface area contributed by atoms with Crippen LogP contribution in [0.4, 0.5) is 0 Å². The normalized spacial score (nSPS) is 12.0. The number of aliphatic imine (C=N–C) groups is 1. The van der Waals surface area contributed by atoms with Crippen molar-refractivity contribution in [2.24, 2.45) is 4.99 Å². The molecule has 0 atom stereocenters. The summed E-state index contributed by atoms with van der Waals surface area (Å²) in [6.07, 6.45) is 6.79. The number of rotatable bonds is 4. The minimum absolute atomic E-state index is 0.936. The molecule has 0 amide bonds. The Labute approximate surface area is 91.9 Å². The predicted molar refractivity (Wildman–Crippen MR) is 68.4 cm³/mol. The highest BCUT2D eigenvalue weighted by Crippen LogP contribution is 2.09. The average Bonchev–Trinajstić information content (AvgIpc) is 2.29. The molecule has 0 unspecified atom stereocenters. The lowest BCUT2D eigenvalue weighted by Gasteiger charge is -2.02. The Morgan fingerprint density at radius 1 is 1.33 bits per heavy atom. The van der Waals surface area contributed by atoms with E-state index in [0.717, 1.165) is 12.0 Å². The summed E-state index contributed by atoms with van der Waals surface area (Å²) in [6, 6.07) is 8.42. The molecule has 1 nitrogen and oxygen atoms in total. The maximum Gasteiger partial charge on any atom is 0.0277 e. The molecule has 0 heterocycles. The van der Waals surface area contributed by atoms with E-state index in [4.69, 9.17) is 0 Å². The lowest BCUT2D eigenvalue weighted by Crippen LogP contribution is -1.91. The molecule has 15 heavy (non-hydrogen) atoms. The summed E-state index contributed by atoms with van der Waals surface area (Å²) in [5.41, 5.74) is 3.70. The summed E-state index contributed by atoms with van der Waals surface area (Å²) in [6.45, 7) is 5.77. The largest absolute Gasteiger partial charge is 0.296 e. The lowest BCUT2D eigenvalue weighted by molar-refractivity contribution is 1.21. The van der Waals surface area contributed by atoms with Gasteiger partial charge in [0.15, 0.2) is 0 Å². The third kappa shape index (κ3) is 3.55. The molecule has 0 radical (unpaired) electrons. The minimum Gasteiger partial charge on any atom is -0.296 e. The molecule has 0 aliphatic carbocycles. The summed E-state index contributed by atoms with van der Waals surface area (Å²) in [5, 5.41) is 0. The quantitative estimate of drug-likeness (QED) is 0.658. The molecule has 1 aromatic carbocycles. The highest BCUT2D eigenvalue weighted by Gasteiger charge is 1.95. The van der Waals surface area contributed by atoms with E-state index in [9.17, 15) is 0 Å². The second-order valence-electron chi connectivity index (χ2n) is 3.37. The summed E-state index contributed by atoms with van der Waals surface area (Å²) in [5.74, 6) is 0. The van der Waals surface area contributed by atoms with Crippen LogP contribution in [0.2, 0.25) is 0 Å². The van der Waals surface area contributed by atoms with Crippen molar-refractivity contribution < 1.29 is 0 Å². The van der Waals surface area contributed by atoms with Gasteiger partial charge in [0.2, 0.25) is 0 Å². The van der Waals surface area contributed by atoms with Gasteiger partial charge in [0.25, 0.3) is 0 Å². The highest BCUT2D eigenvalue weighted by atomic mass is 14.6. The van der Waals surface area contributed by atoms with Gasteiger partial charge in [-0.3, -0.25) is 4.99 Å². The summed E-state index contributed by atoms with van der Waals surface area (Å²) >= 11 is 0. The summed E-state index contributed by atoms with van der Waals surface area (Å²) in [7, 11) is 1.80. The van der Waals surface area contributed by atoms with Crippen LogP contribution in [0.25, 0.3) is 6.08 Å². The molecule has 0 aliphatic heterocycles. The molecular weight excluding hydrogens is 182 g/mol. The van der Waals surface area contributed by atoms with E-state index in [1.54, 1.807) is 7.05 Å². The van der Waals surface area contributed by atoms with Gasteiger partial charge in [-0.1, -0.05) is 43.0 Å². The van der Waals surface area contributed by atoms with Crippen LogP contribution in [0.15, 0.2) is 47.5 Å². The fourth-order valence-electron chi connectivity index (χ4n) is 1.40. The van der Waals surface area contributed by atoms with Crippen molar-refractivity contribution in [1.29, 1.82) is 0 Å². The topological polar surface area (TPSA) is 12.4 Å². The maximum absolute atomic E-state index is 4.03. The van der Waals surface area contributed by atoms with Crippen molar-refractivity contribution in [2.75, 3.05) is 7.05 Å². The van der Waals surface area contributed by atoms with E-state index in [-0.39, 0.29) is 0 Å². The number of benzene rings is 1. The molecule has 1 heteroatoms. The van der Waals surface area contributed by atoms with E-state index in [1.807, 2.05) is 19.2 Å². The van der Waals surface area contributed by atoms with Gasteiger partial charge >= 0.3 is 0 Å². The van der Waals surface area contributed by atoms with Gasteiger partial charge in [-0.2, -0.15) is 0 Å². The number of hydrogen-bond donors (Lipinski definition) is 0. The van der Waals surface area contributed by atoms with Gasteiger partial charge in [-0.15, -0.1) is 0 Å². The second kappa shape index (κ2) is 5.97. The summed E-state index contributed by atoms with van der Waals surface area (Å²) < 4.78 is 0. The van der Waals surface area contributed by atoms with E-state index in [1.165, 1.54) is 11.1 Å². The first kappa shape index (κ1) is 11.4. The van der Waals surface area contributed by atoms with Crippen LogP contribution in [0.3, 0.4) is 0 Å². The van der Waals surface area contributed by atoms with E-state index < -0.39 is 0 Å². The van der Waals surface area contributed by atoms with Crippen molar-refractivity contribution in [3.8, 4) is 0 Å². The van der Waals surface area contributed by atoms with Crippen LogP contribution in [0, 0.1) is 0 Å². The Kier molecular flexibility index (Phi) is 4.55. The Morgan fingerprint density at radius 2 is 2.00 bits per heavy atom. The van der Waals surface area contributed by atoms with Crippen LogP contribution in [0.1, 0.15) is 18.1 Å². The molecule has 0 N–H and O–H groups in total. The van der Waals surface area contributed by atoms with Gasteiger partial charge in [0.1, 0.15) is 0 Å². The first-order valence-corrected chi connectivity index (χ1v) is 5.09. The van der Waals surface area contributed by atoms with Crippen molar-refractivity contribution in [3.63, 3.8) is 0 Å². The van der Waals surface area contributed by atoms with Crippen molar-refractivity contribution in [3.05, 3.63) is 53.6 Å². The molecular formula is C14H17N. The molecule has 0 aliphatic rings. The Hall–Kier alpha value is -1.63. The zero-order chi connectivity index (χ0) is 11.1. The van der Waals surface area contributed by atoms with Crippen molar-refractivity contribution in [1.82, 2.24) is 0 Å². The molecule has 78 valence electrons. The third-order valence-corrected chi connectivity index (χ3v) is 2.29. The Bertz CT molecular complexity index is 369. The molecule has 0 saturated heterocycles. The van der Waals surface area contributed by atoms with Crippen LogP contribution in [-0.2, 0) is 6.42 Å². The molecule has 1 rings (SSSR count). The lowest BCUT2D eigenvalue weighted by atomic mass is 10.0. The van der Waals surface area contributed by atoms with Crippen molar-refractivity contribution >= 4 is 12.3 Å². The zero-order valence-electron chi connectivity index (χ0n) is 9.40. The van der Waals surface area contributed by atoms with Crippen LogP contribution < -0.4 is 0 Å². The van der Waals surface area contributed by atoms with Crippen molar-refractivity contribution in [2.45, 2.75) is 13.3 Å². The molecule has 0 aromatic heterocycles. The standard InChI is InChI=1S/C14H17N/c1-4-12-6-8-14(9-7-12)10-13(5-2)11-15-3/h4-9,11H,1,10H2,2-3H3/b13-5-,15-11-. The molecule has 0 saturated carbocycles. The van der Waals surface area contributed by atoms with E-state index in [2.05, 4.69) is 41.9 Å². The Balaban J connectivity index is 2.76. The van der Waals surface area contributed by atoms with Gasteiger partial charge in [0, 0.05) is 13.3 Å². The smallest absolute Gasteiger partial charge is 0.0277 e. The second-order valence-corrected chi connectivity index (χ2v) is 3.37. The fraction of sp³-hybridized carbons (Fsp3) is 0.214. The van der Waals surface area contributed by atoms with E-state index in [0.29, 0.717) is 0 Å². The van der Waals surface area contributed by atoms with Crippen LogP contribution in [-0.4, -0.2) is 13.3 Å². The van der Waals surface area contributed by atoms with Crippen LogP contribution >= 0.6 is 0 Å². The number of nitrogens with zero attached hydrogens (tertiary/aromatic N) is 1. The third-order valence-electron chi connectivity index (χ3n) is 2.29. The SMILES string of the molecule is C=Cc1ccc(CC(/C=N\C)=C/C)cc1. The first-order valence-electron chi connectivity index (χ1n) is 5.09. The van der Waals surface area contributed by atoms with Gasteiger partial charge in [0.05, 0.1) is 0 Å². The highest BCUT2D eigenvalue weighted by molar-refractivity contribution is 5.78. The first-order chi connectivity index (χ1) is 7.30. The van der Waals surface area contributed by atoms with Gasteiger partial charge < -0.3 is 0 Å². The van der Waals surface area contributed by atoms with E-state index >= 15 is 0 Å². The predicted octanol–water partition coefficient (Wildman–Crippen LogP) is 3.52. The number of allylic oxidation sites excluding steroid dienone is 2. The fourth-order valence-corrected chi connectivity index (χ4v) is 1.40. The number of hydrogen-bond acceptors (Lipinski definition) is 1. The van der Waals surface area contributed by atoms with Gasteiger partial charge in [-0.25, -0.2) is 0 Å². The maximum atomic E-state index is 4.03. The molecule has 0 bridgehead atoms. The molecule has 0 fully saturated rings.